The van der Waals surface area contributed by atoms with E-state index < -0.39 is 10.2 Å². The van der Waals surface area contributed by atoms with Gasteiger partial charge in [0.15, 0.2) is 5.84 Å². The predicted molar refractivity (Wildman–Crippen MR) is 106 cm³/mol. The molecular formula is C19H26N4O4S. The standard InChI is InChI=1S/C19H26N4O4S/c20-18-17-15(21-28(25,26)22-18)8-3-9-16(17)27-12-13-5-4-10-23(11-13)19(24)14-6-1-2-7-14/h3,8-9,13-14,21H,1-2,4-7,10-12H2,(H2,20,22)/t13-/m0/s1. The molecule has 3 N–H and O–H groups in total. The third-order valence-corrected chi connectivity index (χ3v) is 6.66. The van der Waals surface area contributed by atoms with Crippen molar-refractivity contribution >= 4 is 27.6 Å². The van der Waals surface area contributed by atoms with Crippen LogP contribution in [-0.2, 0) is 15.0 Å². The first-order chi connectivity index (χ1) is 13.4. The van der Waals surface area contributed by atoms with Crippen molar-refractivity contribution in [2.45, 2.75) is 38.5 Å². The number of nitrogens with two attached hydrogens (primary N) is 1. The topological polar surface area (TPSA) is 114 Å². The number of ether oxygens (including phenoxy) is 1. The van der Waals surface area contributed by atoms with Crippen molar-refractivity contribution in [3.8, 4) is 5.75 Å². The minimum atomic E-state index is -3.81. The Morgan fingerprint density at radius 3 is 2.82 bits per heavy atom. The quantitative estimate of drug-likeness (QED) is 0.792. The van der Waals surface area contributed by atoms with Crippen LogP contribution in [0, 0.1) is 11.8 Å². The second kappa shape index (κ2) is 7.62. The van der Waals surface area contributed by atoms with Gasteiger partial charge in [-0.2, -0.15) is 8.42 Å². The number of carbonyl (C=O) groups excluding carboxylic acids is 1. The highest BCUT2D eigenvalue weighted by molar-refractivity contribution is 7.91. The lowest BCUT2D eigenvalue weighted by atomic mass is 9.96. The molecule has 1 saturated heterocycles. The zero-order chi connectivity index (χ0) is 19.7. The van der Waals surface area contributed by atoms with E-state index in [4.69, 9.17) is 10.5 Å². The van der Waals surface area contributed by atoms with Gasteiger partial charge in [0.1, 0.15) is 5.75 Å². The smallest absolute Gasteiger partial charge is 0.344 e. The van der Waals surface area contributed by atoms with E-state index in [0.717, 1.165) is 45.1 Å². The second-order valence-corrected chi connectivity index (χ2v) is 9.15. The van der Waals surface area contributed by atoms with Crippen LogP contribution >= 0.6 is 0 Å². The number of fused-ring (bicyclic) bond motifs is 1. The number of rotatable bonds is 4. The first-order valence-electron chi connectivity index (χ1n) is 9.86. The number of anilines is 1. The SMILES string of the molecule is NC1=NS(=O)(=O)Nc2cccc(OC[C@H]3CCCN(C(=O)C4CCCC4)C3)c21. The molecule has 1 atom stereocenters. The molecule has 1 aliphatic carbocycles. The van der Waals surface area contributed by atoms with Gasteiger partial charge >= 0.3 is 10.2 Å². The van der Waals surface area contributed by atoms with Crippen LogP contribution in [0.2, 0.25) is 0 Å². The summed E-state index contributed by atoms with van der Waals surface area (Å²) in [5, 5.41) is 0. The lowest BCUT2D eigenvalue weighted by Gasteiger charge is -2.34. The van der Waals surface area contributed by atoms with E-state index in [1.54, 1.807) is 18.2 Å². The molecule has 0 spiro atoms. The van der Waals surface area contributed by atoms with Gasteiger partial charge in [-0.3, -0.25) is 9.52 Å². The zero-order valence-corrected chi connectivity index (χ0v) is 16.6. The number of benzene rings is 1. The lowest BCUT2D eigenvalue weighted by Crippen LogP contribution is -2.44. The number of likely N-dealkylation sites (tertiary alicyclic amines) is 1. The van der Waals surface area contributed by atoms with Crippen LogP contribution < -0.4 is 15.2 Å². The summed E-state index contributed by atoms with van der Waals surface area (Å²) in [6.07, 6.45) is 6.32. The monoisotopic (exact) mass is 406 g/mol. The maximum absolute atomic E-state index is 12.7. The van der Waals surface area contributed by atoms with Gasteiger partial charge in [-0.05, 0) is 37.8 Å². The minimum Gasteiger partial charge on any atom is -0.492 e. The van der Waals surface area contributed by atoms with Crippen LogP contribution in [-0.4, -0.2) is 44.8 Å². The van der Waals surface area contributed by atoms with Crippen molar-refractivity contribution in [2.75, 3.05) is 24.4 Å². The molecule has 2 fully saturated rings. The summed E-state index contributed by atoms with van der Waals surface area (Å²) < 4.78 is 35.3. The molecule has 8 nitrogen and oxygen atoms in total. The number of piperidine rings is 1. The summed E-state index contributed by atoms with van der Waals surface area (Å²) in [6, 6.07) is 5.10. The number of hydrogen-bond donors (Lipinski definition) is 2. The van der Waals surface area contributed by atoms with Gasteiger partial charge in [0.05, 0.1) is 17.9 Å². The van der Waals surface area contributed by atoms with Gasteiger partial charge in [-0.15, -0.1) is 4.40 Å². The summed E-state index contributed by atoms with van der Waals surface area (Å²) in [4.78, 5) is 14.7. The van der Waals surface area contributed by atoms with Crippen molar-refractivity contribution in [3.05, 3.63) is 23.8 Å². The third kappa shape index (κ3) is 3.94. The van der Waals surface area contributed by atoms with Gasteiger partial charge < -0.3 is 15.4 Å². The van der Waals surface area contributed by atoms with Gasteiger partial charge in [0, 0.05) is 24.9 Å². The Balaban J connectivity index is 1.42. The van der Waals surface area contributed by atoms with E-state index >= 15 is 0 Å². The lowest BCUT2D eigenvalue weighted by molar-refractivity contribution is -0.137. The highest BCUT2D eigenvalue weighted by Crippen LogP contribution is 2.32. The zero-order valence-electron chi connectivity index (χ0n) is 15.8. The number of nitrogens with one attached hydrogen (secondary N) is 1. The fraction of sp³-hybridized carbons (Fsp3) is 0.579. The van der Waals surface area contributed by atoms with Crippen molar-refractivity contribution < 1.29 is 17.9 Å². The number of hydrogen-bond acceptors (Lipinski definition) is 5. The first kappa shape index (κ1) is 19.0. The van der Waals surface area contributed by atoms with Crippen LogP contribution in [0.25, 0.3) is 0 Å². The van der Waals surface area contributed by atoms with Crippen molar-refractivity contribution in [1.29, 1.82) is 0 Å². The molecule has 0 aromatic heterocycles. The molecule has 4 rings (SSSR count). The summed E-state index contributed by atoms with van der Waals surface area (Å²) in [7, 11) is -3.81. The molecule has 152 valence electrons. The number of amides is 1. The molecule has 1 amide bonds. The number of nitrogens with zero attached hydrogens (tertiary/aromatic N) is 2. The normalized spacial score (nSPS) is 24.2. The average molecular weight is 407 g/mol. The van der Waals surface area contributed by atoms with Crippen LogP contribution in [0.3, 0.4) is 0 Å². The van der Waals surface area contributed by atoms with E-state index in [1.165, 1.54) is 0 Å². The van der Waals surface area contributed by atoms with Gasteiger partial charge in [0.2, 0.25) is 5.91 Å². The Hall–Kier alpha value is -2.29. The van der Waals surface area contributed by atoms with Crippen LogP contribution in [0.5, 0.6) is 5.75 Å². The molecule has 2 aliphatic heterocycles. The summed E-state index contributed by atoms with van der Waals surface area (Å²) in [6.45, 7) is 1.99. The summed E-state index contributed by atoms with van der Waals surface area (Å²) in [5.74, 6) is 1.16. The molecule has 0 radical (unpaired) electrons. The van der Waals surface area contributed by atoms with E-state index in [9.17, 15) is 13.2 Å². The maximum atomic E-state index is 12.7. The Labute approximate surface area is 165 Å². The van der Waals surface area contributed by atoms with E-state index in [0.29, 0.717) is 36.1 Å². The van der Waals surface area contributed by atoms with E-state index in [2.05, 4.69) is 9.12 Å². The predicted octanol–water partition coefficient (Wildman–Crippen LogP) is 1.87. The molecule has 28 heavy (non-hydrogen) atoms. The fourth-order valence-electron chi connectivity index (χ4n) is 4.38. The second-order valence-electron chi connectivity index (χ2n) is 7.82. The van der Waals surface area contributed by atoms with Gasteiger partial charge in [0.25, 0.3) is 0 Å². The Kier molecular flexibility index (Phi) is 5.18. The fourth-order valence-corrected chi connectivity index (χ4v) is 5.22. The van der Waals surface area contributed by atoms with E-state index in [1.807, 2.05) is 4.90 Å². The Morgan fingerprint density at radius 1 is 1.25 bits per heavy atom. The molecule has 3 aliphatic rings. The molecule has 1 saturated carbocycles. The van der Waals surface area contributed by atoms with Crippen molar-refractivity contribution in [3.63, 3.8) is 0 Å². The number of carbonyl (C=O) groups is 1. The van der Waals surface area contributed by atoms with Crippen molar-refractivity contribution in [1.82, 2.24) is 4.90 Å². The first-order valence-corrected chi connectivity index (χ1v) is 11.3. The Bertz CT molecular complexity index is 893. The van der Waals surface area contributed by atoms with Crippen molar-refractivity contribution in [2.24, 2.45) is 22.0 Å². The summed E-state index contributed by atoms with van der Waals surface area (Å²) in [5.41, 5.74) is 6.69. The Morgan fingerprint density at radius 2 is 2.04 bits per heavy atom. The minimum absolute atomic E-state index is 0.0777. The molecular weight excluding hydrogens is 380 g/mol. The average Bonchev–Trinajstić information content (AvgIpc) is 3.19. The van der Waals surface area contributed by atoms with Crippen LogP contribution in [0.15, 0.2) is 22.6 Å². The van der Waals surface area contributed by atoms with Crippen LogP contribution in [0.1, 0.15) is 44.1 Å². The highest BCUT2D eigenvalue weighted by atomic mass is 32.2. The maximum Gasteiger partial charge on any atom is 0.344 e. The van der Waals surface area contributed by atoms with E-state index in [-0.39, 0.29) is 17.7 Å². The summed E-state index contributed by atoms with van der Waals surface area (Å²) >= 11 is 0. The molecule has 9 heteroatoms. The molecule has 1 aromatic carbocycles. The highest BCUT2D eigenvalue weighted by Gasteiger charge is 2.31. The van der Waals surface area contributed by atoms with Crippen LogP contribution in [0.4, 0.5) is 5.69 Å². The van der Waals surface area contributed by atoms with Gasteiger partial charge in [-0.1, -0.05) is 18.9 Å². The molecule has 2 heterocycles. The third-order valence-electron chi connectivity index (χ3n) is 5.75. The van der Waals surface area contributed by atoms with Gasteiger partial charge in [-0.25, -0.2) is 0 Å². The molecule has 1 aromatic rings. The number of amidine groups is 1. The molecule has 0 unspecified atom stereocenters. The largest absolute Gasteiger partial charge is 0.492 e. The molecule has 0 bridgehead atoms.